The monoisotopic (exact) mass is 482 g/mol. The van der Waals surface area contributed by atoms with Crippen molar-refractivity contribution in [3.05, 3.63) is 65.7 Å². The molecule has 1 saturated heterocycles. The lowest BCUT2D eigenvalue weighted by molar-refractivity contribution is -0.137. The van der Waals surface area contributed by atoms with E-state index in [9.17, 15) is 13.2 Å². The molecule has 0 N–H and O–H groups in total. The van der Waals surface area contributed by atoms with Crippen LogP contribution in [-0.4, -0.2) is 53.1 Å². The molecule has 0 spiro atoms. The maximum atomic E-state index is 12.8. The van der Waals surface area contributed by atoms with Gasteiger partial charge in [-0.2, -0.15) is 13.2 Å². The van der Waals surface area contributed by atoms with Crippen molar-refractivity contribution in [2.24, 2.45) is 0 Å². The molecule has 0 amide bonds. The molecule has 1 atom stereocenters. The van der Waals surface area contributed by atoms with Crippen LogP contribution < -0.4 is 4.74 Å². The third-order valence-electron chi connectivity index (χ3n) is 5.50. The summed E-state index contributed by atoms with van der Waals surface area (Å²) >= 11 is 7.28. The summed E-state index contributed by atoms with van der Waals surface area (Å²) in [6.07, 6.45) is -1.41. The summed E-state index contributed by atoms with van der Waals surface area (Å²) in [6.45, 7) is 4.12. The second-order valence-electron chi connectivity index (χ2n) is 7.91. The molecule has 1 aliphatic rings. The van der Waals surface area contributed by atoms with Crippen molar-refractivity contribution in [3.63, 3.8) is 0 Å². The lowest BCUT2D eigenvalue weighted by Gasteiger charge is -2.25. The summed E-state index contributed by atoms with van der Waals surface area (Å²) in [4.78, 5) is 4.52. The van der Waals surface area contributed by atoms with Gasteiger partial charge in [-0.3, -0.25) is 0 Å². The minimum atomic E-state index is -4.36. The number of nitrogens with zero attached hydrogens (tertiary/aromatic N) is 2. The molecule has 0 saturated carbocycles. The van der Waals surface area contributed by atoms with Gasteiger partial charge in [0, 0.05) is 32.3 Å². The van der Waals surface area contributed by atoms with E-state index in [1.54, 1.807) is 11.8 Å². The molecular weight excluding hydrogens is 453 g/mol. The van der Waals surface area contributed by atoms with Crippen LogP contribution in [0.3, 0.4) is 0 Å². The van der Waals surface area contributed by atoms with Crippen LogP contribution in [0.15, 0.2) is 54.6 Å². The number of halogens is 3. The number of likely N-dealkylation sites (tertiary alicyclic amines) is 1. The number of alkyl halides is 3. The Labute approximate surface area is 197 Å². The average molecular weight is 483 g/mol. The second-order valence-corrected chi connectivity index (χ2v) is 9.64. The number of ether oxygens (including phenoxy) is 1. The predicted molar refractivity (Wildman–Crippen MR) is 129 cm³/mol. The number of hydrogen-bond acceptors (Lipinski definition) is 4. The Morgan fingerprint density at radius 3 is 2.38 bits per heavy atom. The summed E-state index contributed by atoms with van der Waals surface area (Å²) in [5.74, 6) is 1.39. The largest absolute Gasteiger partial charge is 0.486 e. The highest BCUT2D eigenvalue weighted by Crippen LogP contribution is 2.32. The lowest BCUT2D eigenvalue weighted by atomic mass is 10.1. The van der Waals surface area contributed by atoms with Crippen LogP contribution in [0.5, 0.6) is 5.75 Å². The molecule has 1 aliphatic heterocycles. The van der Waals surface area contributed by atoms with Gasteiger partial charge in [0.15, 0.2) is 0 Å². The van der Waals surface area contributed by atoms with E-state index in [4.69, 9.17) is 17.0 Å². The summed E-state index contributed by atoms with van der Waals surface area (Å²) in [5, 5.41) is 0. The first-order valence-electron chi connectivity index (χ1n) is 10.8. The Morgan fingerprint density at radius 2 is 1.75 bits per heavy atom. The second kappa shape index (κ2) is 11.9. The first-order valence-corrected chi connectivity index (χ1v) is 12.2. The summed E-state index contributed by atoms with van der Waals surface area (Å²) in [6, 6.07) is 14.6. The van der Waals surface area contributed by atoms with Crippen molar-refractivity contribution < 1.29 is 17.9 Å². The highest BCUT2D eigenvalue weighted by atomic mass is 32.2. The van der Waals surface area contributed by atoms with Crippen molar-refractivity contribution in [1.82, 2.24) is 9.80 Å². The maximum Gasteiger partial charge on any atom is 0.416 e. The van der Waals surface area contributed by atoms with E-state index in [2.05, 4.69) is 9.80 Å². The smallest absolute Gasteiger partial charge is 0.416 e. The maximum absolute atomic E-state index is 12.8. The lowest BCUT2D eigenvalue weighted by Crippen LogP contribution is -2.28. The van der Waals surface area contributed by atoms with E-state index in [1.807, 2.05) is 37.4 Å². The van der Waals surface area contributed by atoms with E-state index < -0.39 is 11.7 Å². The number of thioether (sulfide) groups is 1. The van der Waals surface area contributed by atoms with E-state index in [0.29, 0.717) is 18.7 Å². The van der Waals surface area contributed by atoms with Crippen molar-refractivity contribution in [3.8, 4) is 5.75 Å². The van der Waals surface area contributed by atoms with Crippen LogP contribution in [-0.2, 0) is 6.18 Å². The summed E-state index contributed by atoms with van der Waals surface area (Å²) in [7, 11) is 1.98. The molecule has 0 radical (unpaired) electrons. The first kappa shape index (κ1) is 24.9. The fraction of sp³-hybridized carbons (Fsp3) is 0.458. The average Bonchev–Trinajstić information content (AvgIpc) is 3.30. The Kier molecular flexibility index (Phi) is 9.25. The molecule has 0 bridgehead atoms. The highest BCUT2D eigenvalue weighted by molar-refractivity contribution is 8.22. The predicted octanol–water partition coefficient (Wildman–Crippen LogP) is 6.26. The van der Waals surface area contributed by atoms with Gasteiger partial charge in [0.05, 0.1) is 5.56 Å². The van der Waals surface area contributed by atoms with Crippen LogP contribution >= 0.6 is 24.0 Å². The van der Waals surface area contributed by atoms with Gasteiger partial charge in [0.2, 0.25) is 0 Å². The number of benzene rings is 2. The van der Waals surface area contributed by atoms with Gasteiger partial charge in [0.25, 0.3) is 0 Å². The normalized spacial score (nSPS) is 15.5. The Balaban J connectivity index is 1.55. The molecule has 1 heterocycles. The van der Waals surface area contributed by atoms with E-state index in [1.165, 1.54) is 38.1 Å². The minimum Gasteiger partial charge on any atom is -0.486 e. The van der Waals surface area contributed by atoms with Gasteiger partial charge in [0.1, 0.15) is 16.2 Å². The Hall–Kier alpha value is -1.77. The molecule has 1 fully saturated rings. The molecule has 0 aromatic heterocycles. The van der Waals surface area contributed by atoms with Gasteiger partial charge in [-0.15, -0.1) is 0 Å². The van der Waals surface area contributed by atoms with Crippen LogP contribution in [0.2, 0.25) is 0 Å². The highest BCUT2D eigenvalue weighted by Gasteiger charge is 2.30. The zero-order valence-corrected chi connectivity index (χ0v) is 19.8. The molecular formula is C24H29F3N2OS2. The third kappa shape index (κ3) is 7.67. The van der Waals surface area contributed by atoms with E-state index >= 15 is 0 Å². The van der Waals surface area contributed by atoms with Gasteiger partial charge in [-0.1, -0.05) is 54.3 Å². The van der Waals surface area contributed by atoms with Crippen molar-refractivity contribution in [1.29, 1.82) is 0 Å². The van der Waals surface area contributed by atoms with Gasteiger partial charge in [-0.25, -0.2) is 0 Å². The first-order chi connectivity index (χ1) is 15.3. The quantitative estimate of drug-likeness (QED) is 0.391. The van der Waals surface area contributed by atoms with E-state index in [-0.39, 0.29) is 6.10 Å². The Bertz CT molecular complexity index is 841. The minimum absolute atomic E-state index is 0.284. The molecule has 3 nitrogen and oxygen atoms in total. The summed E-state index contributed by atoms with van der Waals surface area (Å²) < 4.78 is 45.5. The van der Waals surface area contributed by atoms with Crippen LogP contribution in [0.1, 0.15) is 36.5 Å². The van der Waals surface area contributed by atoms with Crippen LogP contribution in [0.25, 0.3) is 0 Å². The summed E-state index contributed by atoms with van der Waals surface area (Å²) in [5.41, 5.74) is 0.297. The topological polar surface area (TPSA) is 15.7 Å². The van der Waals surface area contributed by atoms with E-state index in [0.717, 1.165) is 34.3 Å². The van der Waals surface area contributed by atoms with Gasteiger partial charge < -0.3 is 14.5 Å². The standard InChI is InChI=1S/C24H29F3N2OS2/c1-28(23(31)32-18-17-29-14-5-6-15-29)16-13-22(19-7-3-2-4-8-19)30-21-11-9-20(10-12-21)24(25,26)27/h2-4,7-12,22H,5-6,13-18H2,1H3. The third-order valence-corrected chi connectivity index (χ3v) is 7.11. The SMILES string of the molecule is CN(CCC(Oc1ccc(C(F)(F)F)cc1)c1ccccc1)C(=S)SCCN1CCCC1. The molecule has 0 aliphatic carbocycles. The fourth-order valence-electron chi connectivity index (χ4n) is 3.63. The molecule has 3 rings (SSSR count). The van der Waals surface area contributed by atoms with Crippen LogP contribution in [0, 0.1) is 0 Å². The number of rotatable bonds is 9. The molecule has 2 aromatic rings. The fourth-order valence-corrected chi connectivity index (χ4v) is 4.81. The number of hydrogen-bond donors (Lipinski definition) is 0. The molecule has 2 aromatic carbocycles. The van der Waals surface area contributed by atoms with Gasteiger partial charge >= 0.3 is 6.18 Å². The Morgan fingerprint density at radius 1 is 1.09 bits per heavy atom. The zero-order chi connectivity index (χ0) is 23.0. The molecule has 8 heteroatoms. The number of thiocarbonyl (C=S) groups is 1. The molecule has 32 heavy (non-hydrogen) atoms. The van der Waals surface area contributed by atoms with Crippen molar-refractivity contribution in [2.45, 2.75) is 31.5 Å². The zero-order valence-electron chi connectivity index (χ0n) is 18.2. The molecule has 1 unspecified atom stereocenters. The molecule has 174 valence electrons. The van der Waals surface area contributed by atoms with Crippen LogP contribution in [0.4, 0.5) is 13.2 Å². The van der Waals surface area contributed by atoms with Gasteiger partial charge in [-0.05, 0) is 55.8 Å². The van der Waals surface area contributed by atoms with Crippen molar-refractivity contribution in [2.75, 3.05) is 39.0 Å². The van der Waals surface area contributed by atoms with Crippen molar-refractivity contribution >= 4 is 28.3 Å².